The van der Waals surface area contributed by atoms with Crippen molar-refractivity contribution in [2.45, 2.75) is 90.4 Å². The molecule has 0 aliphatic rings. The summed E-state index contributed by atoms with van der Waals surface area (Å²) in [6.45, 7) is 5.87. The fourth-order valence-electron chi connectivity index (χ4n) is 2.11. The summed E-state index contributed by atoms with van der Waals surface area (Å²) in [6.07, 6.45) is 16.0. The van der Waals surface area contributed by atoms with Crippen molar-refractivity contribution in [2.24, 2.45) is 0 Å². The molecule has 1 radical (unpaired) electrons. The number of unbranched alkanes of at least 4 members (excludes halogenated alkanes) is 10. The van der Waals surface area contributed by atoms with E-state index in [0.29, 0.717) is 12.2 Å². The molecular formula is C16H31O. The lowest BCUT2D eigenvalue weighted by Crippen LogP contribution is -1.94. The van der Waals surface area contributed by atoms with E-state index in [4.69, 9.17) is 0 Å². The van der Waals surface area contributed by atoms with Gasteiger partial charge in [-0.05, 0) is 13.3 Å². The zero-order valence-electron chi connectivity index (χ0n) is 11.8. The maximum atomic E-state index is 11.0. The van der Waals surface area contributed by atoms with Crippen LogP contribution in [0, 0.1) is 6.92 Å². The standard InChI is InChI=1S/C16H31O/c1-3-5-6-7-8-9-10-11-12-13-14-15-16(17)4-2/h2-15H2,1H3. The smallest absolute Gasteiger partial charge is 0.132 e. The first-order valence-electron chi connectivity index (χ1n) is 7.62. The molecule has 0 saturated heterocycles. The molecule has 0 aliphatic carbocycles. The van der Waals surface area contributed by atoms with Crippen molar-refractivity contribution in [1.29, 1.82) is 0 Å². The largest absolute Gasteiger partial charge is 0.300 e. The van der Waals surface area contributed by atoms with Crippen molar-refractivity contribution < 1.29 is 4.79 Å². The Morgan fingerprint density at radius 2 is 1.18 bits per heavy atom. The van der Waals surface area contributed by atoms with Crippen LogP contribution in [-0.2, 0) is 4.79 Å². The highest BCUT2D eigenvalue weighted by Crippen LogP contribution is 2.12. The van der Waals surface area contributed by atoms with Gasteiger partial charge in [0, 0.05) is 12.8 Å². The van der Waals surface area contributed by atoms with Gasteiger partial charge in [-0.1, -0.05) is 71.1 Å². The first kappa shape index (κ1) is 16.7. The highest BCUT2D eigenvalue weighted by molar-refractivity contribution is 5.78. The van der Waals surface area contributed by atoms with Gasteiger partial charge < -0.3 is 0 Å². The summed E-state index contributed by atoms with van der Waals surface area (Å²) in [7, 11) is 0. The van der Waals surface area contributed by atoms with Gasteiger partial charge in [0.2, 0.25) is 0 Å². The summed E-state index contributed by atoms with van der Waals surface area (Å²) in [5.74, 6) is 0.320. The third kappa shape index (κ3) is 13.6. The van der Waals surface area contributed by atoms with Crippen LogP contribution >= 0.6 is 0 Å². The minimum atomic E-state index is 0.320. The average Bonchev–Trinajstić information content (AvgIpc) is 2.35. The van der Waals surface area contributed by atoms with Gasteiger partial charge in [-0.25, -0.2) is 0 Å². The highest BCUT2D eigenvalue weighted by atomic mass is 16.1. The minimum absolute atomic E-state index is 0.320. The van der Waals surface area contributed by atoms with Crippen molar-refractivity contribution in [1.82, 2.24) is 0 Å². The Bertz CT molecular complexity index is 163. The van der Waals surface area contributed by atoms with Gasteiger partial charge in [0.15, 0.2) is 0 Å². The van der Waals surface area contributed by atoms with Crippen LogP contribution in [0.25, 0.3) is 0 Å². The van der Waals surface area contributed by atoms with E-state index in [-0.39, 0.29) is 0 Å². The lowest BCUT2D eigenvalue weighted by atomic mass is 10.0. The van der Waals surface area contributed by atoms with Gasteiger partial charge >= 0.3 is 0 Å². The van der Waals surface area contributed by atoms with Gasteiger partial charge in [-0.3, -0.25) is 4.79 Å². The predicted octanol–water partition coefficient (Wildman–Crippen LogP) is 5.48. The summed E-state index contributed by atoms with van der Waals surface area (Å²) >= 11 is 0. The van der Waals surface area contributed by atoms with Crippen LogP contribution in [-0.4, -0.2) is 5.78 Å². The summed E-state index contributed by atoms with van der Waals surface area (Å²) in [5, 5.41) is 0. The third-order valence-electron chi connectivity index (χ3n) is 3.34. The number of ketones is 1. The second-order valence-electron chi connectivity index (χ2n) is 5.07. The highest BCUT2D eigenvalue weighted by Gasteiger charge is 1.97. The Kier molecular flexibility index (Phi) is 13.5. The molecule has 0 spiro atoms. The van der Waals surface area contributed by atoms with E-state index < -0.39 is 0 Å². The normalized spacial score (nSPS) is 10.7. The fraction of sp³-hybridized carbons (Fsp3) is 0.875. The molecule has 0 bridgehead atoms. The van der Waals surface area contributed by atoms with E-state index in [1.165, 1.54) is 64.2 Å². The van der Waals surface area contributed by atoms with Crippen LogP contribution in [0.1, 0.15) is 90.4 Å². The lowest BCUT2D eigenvalue weighted by Gasteiger charge is -2.02. The van der Waals surface area contributed by atoms with Gasteiger partial charge in [0.1, 0.15) is 5.78 Å². The Morgan fingerprint density at radius 3 is 1.59 bits per heavy atom. The summed E-state index contributed by atoms with van der Waals surface area (Å²) in [5.41, 5.74) is 0. The molecule has 0 aromatic heterocycles. The minimum Gasteiger partial charge on any atom is -0.300 e. The molecule has 1 nitrogen and oxygen atoms in total. The van der Waals surface area contributed by atoms with Crippen LogP contribution < -0.4 is 0 Å². The van der Waals surface area contributed by atoms with Crippen LogP contribution in [0.2, 0.25) is 0 Å². The van der Waals surface area contributed by atoms with E-state index in [2.05, 4.69) is 13.8 Å². The molecule has 0 unspecified atom stereocenters. The molecule has 0 aromatic rings. The quantitative estimate of drug-likeness (QED) is 0.389. The van der Waals surface area contributed by atoms with Crippen LogP contribution in [0.5, 0.6) is 0 Å². The Balaban J connectivity index is 2.96. The number of carbonyl (C=O) groups is 1. The second kappa shape index (κ2) is 13.7. The molecule has 101 valence electrons. The van der Waals surface area contributed by atoms with Crippen molar-refractivity contribution >= 4 is 5.78 Å². The second-order valence-corrected chi connectivity index (χ2v) is 5.07. The van der Waals surface area contributed by atoms with E-state index in [0.717, 1.165) is 12.8 Å². The topological polar surface area (TPSA) is 17.1 Å². The molecule has 1 heteroatoms. The van der Waals surface area contributed by atoms with Crippen molar-refractivity contribution in [2.75, 3.05) is 0 Å². The maximum Gasteiger partial charge on any atom is 0.132 e. The first-order chi connectivity index (χ1) is 8.31. The van der Waals surface area contributed by atoms with Gasteiger partial charge in [-0.2, -0.15) is 0 Å². The summed E-state index contributed by atoms with van der Waals surface area (Å²) in [6, 6.07) is 0. The molecule has 0 heterocycles. The molecule has 0 N–H and O–H groups in total. The maximum absolute atomic E-state index is 11.0. The number of Topliss-reactive ketones (excluding diaryl/α,β-unsaturated/α-hetero) is 1. The SMILES string of the molecule is [CH2]CC(=O)CCCCCCCCCCCCC. The Labute approximate surface area is 108 Å². The molecule has 0 aromatic carbocycles. The molecule has 0 fully saturated rings. The average molecular weight is 239 g/mol. The molecule has 0 aliphatic heterocycles. The molecule has 0 rings (SSSR count). The first-order valence-corrected chi connectivity index (χ1v) is 7.62. The van der Waals surface area contributed by atoms with Gasteiger partial charge in [-0.15, -0.1) is 0 Å². The van der Waals surface area contributed by atoms with Crippen LogP contribution in [0.3, 0.4) is 0 Å². The number of hydrogen-bond donors (Lipinski definition) is 0. The van der Waals surface area contributed by atoms with Gasteiger partial charge in [0.25, 0.3) is 0 Å². The van der Waals surface area contributed by atoms with Crippen molar-refractivity contribution in [3.8, 4) is 0 Å². The Morgan fingerprint density at radius 1 is 0.765 bits per heavy atom. The van der Waals surface area contributed by atoms with Gasteiger partial charge in [0.05, 0.1) is 0 Å². The van der Waals surface area contributed by atoms with Crippen LogP contribution in [0.15, 0.2) is 0 Å². The monoisotopic (exact) mass is 239 g/mol. The molecular weight excluding hydrogens is 208 g/mol. The number of carbonyl (C=O) groups excluding carboxylic acids is 1. The fourth-order valence-corrected chi connectivity index (χ4v) is 2.11. The van der Waals surface area contributed by atoms with Crippen molar-refractivity contribution in [3.05, 3.63) is 6.92 Å². The Hall–Kier alpha value is -0.330. The molecule has 0 saturated carbocycles. The van der Waals surface area contributed by atoms with E-state index in [1.807, 2.05) is 0 Å². The molecule has 17 heavy (non-hydrogen) atoms. The summed E-state index contributed by atoms with van der Waals surface area (Å²) in [4.78, 5) is 11.0. The van der Waals surface area contributed by atoms with Crippen LogP contribution in [0.4, 0.5) is 0 Å². The number of hydrogen-bond acceptors (Lipinski definition) is 1. The predicted molar refractivity (Wildman–Crippen MR) is 76.1 cm³/mol. The zero-order valence-corrected chi connectivity index (χ0v) is 11.8. The molecule has 0 atom stereocenters. The molecule has 0 amide bonds. The van der Waals surface area contributed by atoms with Crippen molar-refractivity contribution in [3.63, 3.8) is 0 Å². The zero-order chi connectivity index (χ0) is 12.8. The number of rotatable bonds is 13. The van der Waals surface area contributed by atoms with E-state index in [1.54, 1.807) is 0 Å². The third-order valence-corrected chi connectivity index (χ3v) is 3.34. The summed E-state index contributed by atoms with van der Waals surface area (Å²) < 4.78 is 0. The van der Waals surface area contributed by atoms with E-state index in [9.17, 15) is 4.79 Å². The lowest BCUT2D eigenvalue weighted by molar-refractivity contribution is -0.118. The van der Waals surface area contributed by atoms with E-state index >= 15 is 0 Å².